The Morgan fingerprint density at radius 3 is 2.67 bits per heavy atom. The number of rotatable bonds is 4. The Morgan fingerprint density at radius 2 is 2.08 bits per heavy atom. The maximum Gasteiger partial charge on any atom is 0.316 e. The summed E-state index contributed by atoms with van der Waals surface area (Å²) >= 11 is 1.02. The molecular weight excluding hydrogens is 326 g/mol. The Balaban J connectivity index is 2.52. The summed E-state index contributed by atoms with van der Waals surface area (Å²) in [5, 5.41) is 21.9. The van der Waals surface area contributed by atoms with E-state index >= 15 is 0 Å². The summed E-state index contributed by atoms with van der Waals surface area (Å²) in [5.74, 6) is -2.63. The van der Waals surface area contributed by atoms with Crippen molar-refractivity contribution in [3.05, 3.63) is 46.0 Å². The molecule has 2 rings (SSSR count). The van der Waals surface area contributed by atoms with E-state index in [2.05, 4.69) is 16.1 Å². The monoisotopic (exact) mass is 341 g/mol. The number of nitriles is 2. The molecular formula is C17H15N3O3S. The van der Waals surface area contributed by atoms with Gasteiger partial charge in [0.05, 0.1) is 35.6 Å². The van der Waals surface area contributed by atoms with Crippen molar-refractivity contribution in [1.82, 2.24) is 5.32 Å². The molecule has 1 amide bonds. The van der Waals surface area contributed by atoms with Gasteiger partial charge in [-0.05, 0) is 18.1 Å². The second-order valence-electron chi connectivity index (χ2n) is 5.15. The highest BCUT2D eigenvalue weighted by atomic mass is 32.2. The van der Waals surface area contributed by atoms with Gasteiger partial charge in [0.25, 0.3) is 0 Å². The fourth-order valence-electron chi connectivity index (χ4n) is 2.54. The first kappa shape index (κ1) is 17.6. The zero-order valence-corrected chi connectivity index (χ0v) is 14.0. The number of benzene rings is 1. The molecule has 1 aromatic carbocycles. The minimum Gasteiger partial charge on any atom is -0.468 e. The van der Waals surface area contributed by atoms with E-state index in [-0.39, 0.29) is 11.3 Å². The van der Waals surface area contributed by atoms with E-state index in [0.717, 1.165) is 22.9 Å². The lowest BCUT2D eigenvalue weighted by molar-refractivity contribution is -0.137. The quantitative estimate of drug-likeness (QED) is 0.840. The van der Waals surface area contributed by atoms with Gasteiger partial charge in [0.2, 0.25) is 5.91 Å². The Kier molecular flexibility index (Phi) is 5.62. The molecule has 0 unspecified atom stereocenters. The van der Waals surface area contributed by atoms with Crippen LogP contribution in [0.3, 0.4) is 0 Å². The van der Waals surface area contributed by atoms with Gasteiger partial charge in [-0.15, -0.1) is 0 Å². The van der Waals surface area contributed by atoms with Crippen molar-refractivity contribution in [2.24, 2.45) is 5.92 Å². The molecule has 24 heavy (non-hydrogen) atoms. The van der Waals surface area contributed by atoms with Gasteiger partial charge in [-0.3, -0.25) is 9.59 Å². The van der Waals surface area contributed by atoms with Crippen LogP contribution in [0.15, 0.2) is 34.9 Å². The molecule has 7 heteroatoms. The average Bonchev–Trinajstić information content (AvgIpc) is 2.59. The highest BCUT2D eigenvalue weighted by Crippen LogP contribution is 2.40. The predicted molar refractivity (Wildman–Crippen MR) is 88.3 cm³/mol. The van der Waals surface area contributed by atoms with E-state index in [9.17, 15) is 20.1 Å². The number of amides is 1. The van der Waals surface area contributed by atoms with Gasteiger partial charge in [0.15, 0.2) is 0 Å². The molecule has 2 atom stereocenters. The summed E-state index contributed by atoms with van der Waals surface area (Å²) in [4.78, 5) is 23.6. The lowest BCUT2D eigenvalue weighted by Gasteiger charge is -2.29. The maximum atomic E-state index is 12.3. The van der Waals surface area contributed by atoms with Crippen LogP contribution in [0.25, 0.3) is 0 Å². The number of thioether (sulfide) groups is 1. The largest absolute Gasteiger partial charge is 0.468 e. The molecule has 0 bridgehead atoms. The third-order valence-corrected chi connectivity index (χ3v) is 4.74. The van der Waals surface area contributed by atoms with Crippen LogP contribution in [0.1, 0.15) is 17.0 Å². The molecule has 0 aromatic heterocycles. The molecule has 0 fully saturated rings. The second kappa shape index (κ2) is 7.67. The molecule has 0 spiro atoms. The Morgan fingerprint density at radius 1 is 1.38 bits per heavy atom. The van der Waals surface area contributed by atoms with Crippen molar-refractivity contribution < 1.29 is 14.3 Å². The number of carbonyl (C=O) groups excluding carboxylic acids is 2. The number of methoxy groups -OCH3 is 1. The third-order valence-electron chi connectivity index (χ3n) is 3.75. The van der Waals surface area contributed by atoms with E-state index in [0.29, 0.717) is 5.03 Å². The smallest absolute Gasteiger partial charge is 0.316 e. The number of hydrogen-bond donors (Lipinski definition) is 1. The van der Waals surface area contributed by atoms with Crippen molar-refractivity contribution >= 4 is 23.6 Å². The van der Waals surface area contributed by atoms with E-state index in [1.807, 2.05) is 31.2 Å². The number of ether oxygens (including phenoxy) is 1. The van der Waals surface area contributed by atoms with Crippen molar-refractivity contribution in [2.75, 3.05) is 12.9 Å². The summed E-state index contributed by atoms with van der Waals surface area (Å²) in [6, 6.07) is 11.4. The number of hydrogen-bond acceptors (Lipinski definition) is 6. The van der Waals surface area contributed by atoms with Crippen LogP contribution >= 0.6 is 11.8 Å². The van der Waals surface area contributed by atoms with Crippen molar-refractivity contribution in [2.45, 2.75) is 12.8 Å². The molecule has 0 radical (unpaired) electrons. The van der Waals surface area contributed by atoms with Crippen LogP contribution in [-0.2, 0) is 14.3 Å². The van der Waals surface area contributed by atoms with Crippen LogP contribution in [0.4, 0.5) is 0 Å². The lowest BCUT2D eigenvalue weighted by Crippen LogP contribution is -2.39. The average molecular weight is 341 g/mol. The second-order valence-corrected chi connectivity index (χ2v) is 6.14. The zero-order chi connectivity index (χ0) is 17.7. The maximum absolute atomic E-state index is 12.3. The van der Waals surface area contributed by atoms with Gasteiger partial charge < -0.3 is 10.1 Å². The molecule has 6 nitrogen and oxygen atoms in total. The van der Waals surface area contributed by atoms with Crippen molar-refractivity contribution in [3.63, 3.8) is 0 Å². The van der Waals surface area contributed by atoms with Gasteiger partial charge in [0, 0.05) is 5.92 Å². The van der Waals surface area contributed by atoms with Gasteiger partial charge in [-0.1, -0.05) is 36.0 Å². The molecule has 1 heterocycles. The summed E-state index contributed by atoms with van der Waals surface area (Å²) in [6.45, 7) is 1.87. The molecule has 1 aliphatic heterocycles. The number of nitrogens with zero attached hydrogens (tertiary/aromatic N) is 2. The third kappa shape index (κ3) is 3.42. The first-order valence-electron chi connectivity index (χ1n) is 7.13. The van der Waals surface area contributed by atoms with E-state index < -0.39 is 23.7 Å². The first-order chi connectivity index (χ1) is 11.5. The molecule has 1 aromatic rings. The zero-order valence-electron chi connectivity index (χ0n) is 13.2. The van der Waals surface area contributed by atoms with Crippen LogP contribution in [0.5, 0.6) is 0 Å². The van der Waals surface area contributed by atoms with Gasteiger partial charge in [0.1, 0.15) is 5.92 Å². The van der Waals surface area contributed by atoms with Crippen LogP contribution in [0, 0.1) is 35.5 Å². The van der Waals surface area contributed by atoms with Crippen molar-refractivity contribution in [3.8, 4) is 12.1 Å². The highest BCUT2D eigenvalue weighted by molar-refractivity contribution is 8.03. The Labute approximate surface area is 144 Å². The van der Waals surface area contributed by atoms with Gasteiger partial charge in [-0.2, -0.15) is 10.5 Å². The topological polar surface area (TPSA) is 103 Å². The van der Waals surface area contributed by atoms with Crippen molar-refractivity contribution in [1.29, 1.82) is 10.5 Å². The van der Waals surface area contributed by atoms with Gasteiger partial charge >= 0.3 is 5.97 Å². The number of allylic oxidation sites excluding steroid dienone is 1. The standard InChI is InChI=1S/C17H15N3O3S/c1-10-5-3-4-6-11(10)15-12(7-18)16(22)20-17(13(15)8-19)24-9-14(21)23-2/h3-6,12,15H,9H2,1-2H3,(H,20,22)/t12-,15-/m1/s1. The molecule has 0 saturated heterocycles. The Bertz CT molecular complexity index is 789. The first-order valence-corrected chi connectivity index (χ1v) is 8.12. The van der Waals surface area contributed by atoms with Crippen LogP contribution in [0.2, 0.25) is 0 Å². The number of aryl methyl sites for hydroxylation is 1. The van der Waals surface area contributed by atoms with Crippen LogP contribution in [-0.4, -0.2) is 24.7 Å². The van der Waals surface area contributed by atoms with E-state index in [4.69, 9.17) is 0 Å². The Hall–Kier alpha value is -2.77. The summed E-state index contributed by atoms with van der Waals surface area (Å²) in [5.41, 5.74) is 1.93. The van der Waals surface area contributed by atoms with E-state index in [1.165, 1.54) is 7.11 Å². The SMILES string of the molecule is COC(=O)CSC1=C(C#N)[C@H](c2ccccc2C)[C@@H](C#N)C(=O)N1. The number of carbonyl (C=O) groups is 2. The van der Waals surface area contributed by atoms with E-state index in [1.54, 1.807) is 6.07 Å². The number of esters is 1. The minimum atomic E-state index is -0.997. The highest BCUT2D eigenvalue weighted by Gasteiger charge is 2.39. The fraction of sp³-hybridized carbons (Fsp3) is 0.294. The fourth-order valence-corrected chi connectivity index (χ4v) is 3.43. The molecule has 1 aliphatic rings. The number of nitrogens with one attached hydrogen (secondary N) is 1. The minimum absolute atomic E-state index is 0.0327. The molecule has 0 saturated carbocycles. The lowest BCUT2D eigenvalue weighted by atomic mass is 9.78. The van der Waals surface area contributed by atoms with Crippen LogP contribution < -0.4 is 5.32 Å². The normalized spacial score (nSPS) is 19.9. The van der Waals surface area contributed by atoms with Gasteiger partial charge in [-0.25, -0.2) is 0 Å². The predicted octanol–water partition coefficient (Wildman–Crippen LogP) is 1.99. The molecule has 1 N–H and O–H groups in total. The summed E-state index contributed by atoms with van der Waals surface area (Å²) in [6.07, 6.45) is 0. The molecule has 122 valence electrons. The summed E-state index contributed by atoms with van der Waals surface area (Å²) < 4.78 is 4.58. The molecule has 0 aliphatic carbocycles. The summed E-state index contributed by atoms with van der Waals surface area (Å²) in [7, 11) is 1.27.